The van der Waals surface area contributed by atoms with E-state index >= 15 is 4.39 Å². The SMILES string of the molecule is Cn1ncc2cc(-c3ccc(CN(c4ccccc4)c4cncc(/C=C/C(=O)O)c4)c(F)c3)ccc21. The molecule has 0 aliphatic rings. The van der Waals surface area contributed by atoms with Crippen LogP contribution in [-0.2, 0) is 18.4 Å². The first kappa shape index (κ1) is 23.0. The van der Waals surface area contributed by atoms with E-state index in [1.807, 2.05) is 77.3 Å². The Morgan fingerprint density at radius 3 is 2.53 bits per heavy atom. The molecule has 0 aliphatic heterocycles. The van der Waals surface area contributed by atoms with Crippen molar-refractivity contribution in [1.82, 2.24) is 14.8 Å². The Morgan fingerprint density at radius 2 is 1.75 bits per heavy atom. The van der Waals surface area contributed by atoms with Crippen LogP contribution in [0.25, 0.3) is 28.1 Å². The van der Waals surface area contributed by atoms with Crippen LogP contribution in [-0.4, -0.2) is 25.8 Å². The zero-order valence-electron chi connectivity index (χ0n) is 19.5. The van der Waals surface area contributed by atoms with Crippen molar-refractivity contribution in [2.24, 2.45) is 7.05 Å². The Labute approximate surface area is 207 Å². The molecule has 0 spiro atoms. The number of carboxylic acids is 1. The fourth-order valence-electron chi connectivity index (χ4n) is 4.16. The molecule has 3 aromatic carbocycles. The number of carboxylic acid groups (broad SMARTS) is 1. The fraction of sp³-hybridized carbons (Fsp3) is 0.0690. The summed E-state index contributed by atoms with van der Waals surface area (Å²) in [6.07, 6.45) is 7.61. The summed E-state index contributed by atoms with van der Waals surface area (Å²) in [5.74, 6) is -1.35. The third-order valence-corrected chi connectivity index (χ3v) is 6.00. The minimum atomic E-state index is -1.04. The predicted octanol–water partition coefficient (Wildman–Crippen LogP) is 6.21. The highest BCUT2D eigenvalue weighted by atomic mass is 19.1. The summed E-state index contributed by atoms with van der Waals surface area (Å²) < 4.78 is 17.2. The number of aliphatic carboxylic acids is 1. The first-order chi connectivity index (χ1) is 17.5. The largest absolute Gasteiger partial charge is 0.478 e. The van der Waals surface area contributed by atoms with Gasteiger partial charge in [-0.2, -0.15) is 5.10 Å². The van der Waals surface area contributed by atoms with E-state index in [2.05, 4.69) is 10.1 Å². The Morgan fingerprint density at radius 1 is 0.972 bits per heavy atom. The summed E-state index contributed by atoms with van der Waals surface area (Å²) in [6.45, 7) is 0.269. The summed E-state index contributed by atoms with van der Waals surface area (Å²) in [5.41, 5.74) is 5.47. The van der Waals surface area contributed by atoms with Gasteiger partial charge in [-0.05, 0) is 59.2 Å². The molecule has 0 fully saturated rings. The number of hydrogen-bond acceptors (Lipinski definition) is 4. The maximum atomic E-state index is 15.4. The molecule has 5 aromatic rings. The number of pyridine rings is 1. The van der Waals surface area contributed by atoms with Gasteiger partial charge in [-0.1, -0.05) is 36.4 Å². The van der Waals surface area contributed by atoms with Crippen molar-refractivity contribution in [1.29, 1.82) is 0 Å². The number of rotatable bonds is 7. The van der Waals surface area contributed by atoms with Crippen molar-refractivity contribution in [3.63, 3.8) is 0 Å². The normalized spacial score (nSPS) is 11.3. The second-order valence-electron chi connectivity index (χ2n) is 8.42. The lowest BCUT2D eigenvalue weighted by molar-refractivity contribution is -0.131. The van der Waals surface area contributed by atoms with Crippen molar-refractivity contribution >= 4 is 34.3 Å². The van der Waals surface area contributed by atoms with Crippen LogP contribution in [0.4, 0.5) is 15.8 Å². The molecule has 2 heterocycles. The number of benzene rings is 3. The topological polar surface area (TPSA) is 71.2 Å². The van der Waals surface area contributed by atoms with Crippen molar-refractivity contribution in [3.05, 3.63) is 114 Å². The minimum Gasteiger partial charge on any atom is -0.478 e. The summed E-state index contributed by atoms with van der Waals surface area (Å²) in [7, 11) is 1.89. The Bertz CT molecular complexity index is 1580. The van der Waals surface area contributed by atoms with Crippen LogP contribution in [0.1, 0.15) is 11.1 Å². The first-order valence-electron chi connectivity index (χ1n) is 11.4. The molecule has 5 rings (SSSR count). The number of aromatic nitrogens is 3. The van der Waals surface area contributed by atoms with E-state index in [4.69, 9.17) is 5.11 Å². The summed E-state index contributed by atoms with van der Waals surface area (Å²) in [6, 6.07) is 22.7. The smallest absolute Gasteiger partial charge is 0.328 e. The zero-order valence-corrected chi connectivity index (χ0v) is 19.5. The van der Waals surface area contributed by atoms with E-state index in [1.165, 1.54) is 6.08 Å². The summed E-state index contributed by atoms with van der Waals surface area (Å²) in [5, 5.41) is 14.2. The van der Waals surface area contributed by atoms with E-state index in [-0.39, 0.29) is 12.4 Å². The van der Waals surface area contributed by atoms with Gasteiger partial charge in [0.25, 0.3) is 0 Å². The molecule has 7 heteroatoms. The van der Waals surface area contributed by atoms with Crippen LogP contribution in [0.2, 0.25) is 0 Å². The van der Waals surface area contributed by atoms with Crippen molar-refractivity contribution in [2.75, 3.05) is 4.90 Å². The number of halogens is 1. The fourth-order valence-corrected chi connectivity index (χ4v) is 4.16. The quantitative estimate of drug-likeness (QED) is 0.282. The van der Waals surface area contributed by atoms with E-state index < -0.39 is 5.97 Å². The van der Waals surface area contributed by atoms with Gasteiger partial charge >= 0.3 is 5.97 Å². The first-order valence-corrected chi connectivity index (χ1v) is 11.4. The highest BCUT2D eigenvalue weighted by Crippen LogP contribution is 2.30. The maximum absolute atomic E-state index is 15.4. The molecule has 36 heavy (non-hydrogen) atoms. The van der Waals surface area contributed by atoms with E-state index in [0.29, 0.717) is 11.1 Å². The predicted molar refractivity (Wildman–Crippen MR) is 139 cm³/mol. The molecule has 2 aromatic heterocycles. The Balaban J connectivity index is 1.48. The van der Waals surface area contributed by atoms with Gasteiger partial charge in [0.1, 0.15) is 5.82 Å². The van der Waals surface area contributed by atoms with Crippen LogP contribution < -0.4 is 4.90 Å². The average molecular weight is 479 g/mol. The highest BCUT2D eigenvalue weighted by molar-refractivity contribution is 5.86. The summed E-state index contributed by atoms with van der Waals surface area (Å²) >= 11 is 0. The van der Waals surface area contributed by atoms with Crippen molar-refractivity contribution < 1.29 is 14.3 Å². The third kappa shape index (κ3) is 4.86. The van der Waals surface area contributed by atoms with Gasteiger partial charge in [0, 0.05) is 36.0 Å². The maximum Gasteiger partial charge on any atom is 0.328 e. The number of anilines is 2. The molecular formula is C29H23FN4O2. The number of fused-ring (bicyclic) bond motifs is 1. The van der Waals surface area contributed by atoms with Crippen LogP contribution in [0, 0.1) is 5.82 Å². The molecule has 0 bridgehead atoms. The van der Waals surface area contributed by atoms with Crippen LogP contribution in [0.3, 0.4) is 0 Å². The van der Waals surface area contributed by atoms with Gasteiger partial charge in [-0.25, -0.2) is 9.18 Å². The van der Waals surface area contributed by atoms with Gasteiger partial charge in [0.15, 0.2) is 0 Å². The van der Waals surface area contributed by atoms with Gasteiger partial charge < -0.3 is 10.0 Å². The van der Waals surface area contributed by atoms with Crippen LogP contribution in [0.15, 0.2) is 97.5 Å². The highest BCUT2D eigenvalue weighted by Gasteiger charge is 2.15. The average Bonchev–Trinajstić information content (AvgIpc) is 3.27. The molecule has 6 nitrogen and oxygen atoms in total. The van der Waals surface area contributed by atoms with Crippen molar-refractivity contribution in [2.45, 2.75) is 6.54 Å². The Hall–Kier alpha value is -4.78. The van der Waals surface area contributed by atoms with Gasteiger partial charge in [-0.3, -0.25) is 9.67 Å². The monoisotopic (exact) mass is 478 g/mol. The number of para-hydroxylation sites is 1. The molecule has 0 atom stereocenters. The minimum absolute atomic E-state index is 0.269. The molecule has 0 radical (unpaired) electrons. The molecular weight excluding hydrogens is 455 g/mol. The standard InChI is InChI=1S/C29H23FN4O2/c1-33-28-11-10-21(14-24(28)17-32-33)22-8-9-23(27(30)15-22)19-34(25-5-3-2-4-6-25)26-13-20(16-31-18-26)7-12-29(35)36/h2-18H,19H2,1H3,(H,35,36)/b12-7+. The number of nitrogens with zero attached hydrogens (tertiary/aromatic N) is 4. The van der Waals surface area contributed by atoms with E-state index in [1.54, 1.807) is 30.7 Å². The molecule has 0 amide bonds. The van der Waals surface area contributed by atoms with Gasteiger partial charge in [0.2, 0.25) is 0 Å². The number of aryl methyl sites for hydroxylation is 1. The lowest BCUT2D eigenvalue weighted by Gasteiger charge is -2.25. The molecule has 0 unspecified atom stereocenters. The molecule has 178 valence electrons. The van der Waals surface area contributed by atoms with Gasteiger partial charge in [0.05, 0.1) is 30.1 Å². The number of hydrogen-bond donors (Lipinski definition) is 1. The van der Waals surface area contributed by atoms with E-state index in [9.17, 15) is 4.79 Å². The second kappa shape index (κ2) is 9.84. The zero-order chi connectivity index (χ0) is 25.1. The van der Waals surface area contributed by atoms with Crippen LogP contribution in [0.5, 0.6) is 0 Å². The molecule has 0 saturated carbocycles. The number of carbonyl (C=O) groups is 1. The van der Waals surface area contributed by atoms with Crippen LogP contribution >= 0.6 is 0 Å². The third-order valence-electron chi connectivity index (χ3n) is 6.00. The Kier molecular flexibility index (Phi) is 6.28. The molecule has 0 saturated heterocycles. The molecule has 0 aliphatic carbocycles. The lowest BCUT2D eigenvalue weighted by atomic mass is 10.0. The van der Waals surface area contributed by atoms with Crippen molar-refractivity contribution in [3.8, 4) is 11.1 Å². The molecule has 1 N–H and O–H groups in total. The van der Waals surface area contributed by atoms with Gasteiger partial charge in [-0.15, -0.1) is 0 Å². The second-order valence-corrected chi connectivity index (χ2v) is 8.42. The summed E-state index contributed by atoms with van der Waals surface area (Å²) in [4.78, 5) is 17.1. The van der Waals surface area contributed by atoms with E-state index in [0.717, 1.165) is 39.5 Å². The lowest BCUT2D eigenvalue weighted by Crippen LogP contribution is -2.17.